The molecule has 1 N–H and O–H groups in total. The molecule has 0 radical (unpaired) electrons. The summed E-state index contributed by atoms with van der Waals surface area (Å²) in [4.78, 5) is 5.20. The van der Waals surface area contributed by atoms with Crippen LogP contribution in [0.4, 0.5) is 0 Å². The second kappa shape index (κ2) is 6.70. The van der Waals surface area contributed by atoms with Crippen LogP contribution in [-0.2, 0) is 6.54 Å². The van der Waals surface area contributed by atoms with E-state index in [0.717, 1.165) is 13.1 Å². The molecule has 2 atom stereocenters. The van der Waals surface area contributed by atoms with Gasteiger partial charge in [-0.05, 0) is 43.8 Å². The van der Waals surface area contributed by atoms with Gasteiger partial charge in [-0.1, -0.05) is 30.3 Å². The summed E-state index contributed by atoms with van der Waals surface area (Å²) in [5, 5.41) is 9.29. The van der Waals surface area contributed by atoms with Gasteiger partial charge in [0.25, 0.3) is 0 Å². The predicted octanol–water partition coefficient (Wildman–Crippen LogP) is 1.97. The van der Waals surface area contributed by atoms with Gasteiger partial charge in [-0.2, -0.15) is 0 Å². The number of rotatable bonds is 4. The van der Waals surface area contributed by atoms with Crippen LogP contribution in [0.15, 0.2) is 30.3 Å². The Morgan fingerprint density at radius 2 is 1.90 bits per heavy atom. The van der Waals surface area contributed by atoms with E-state index >= 15 is 0 Å². The fraction of sp³-hybridized carbons (Fsp3) is 0.647. The number of benzene rings is 1. The van der Waals surface area contributed by atoms with E-state index in [1.54, 1.807) is 0 Å². The van der Waals surface area contributed by atoms with Gasteiger partial charge in [0.2, 0.25) is 0 Å². The van der Waals surface area contributed by atoms with Crippen LogP contribution in [0, 0.1) is 5.92 Å². The topological polar surface area (TPSA) is 26.7 Å². The predicted molar refractivity (Wildman–Crippen MR) is 81.5 cm³/mol. The van der Waals surface area contributed by atoms with Gasteiger partial charge in [0.1, 0.15) is 0 Å². The highest BCUT2D eigenvalue weighted by atomic mass is 16.3. The van der Waals surface area contributed by atoms with Gasteiger partial charge in [0.05, 0.1) is 0 Å². The molecule has 2 fully saturated rings. The molecule has 0 spiro atoms. The first-order valence-electron chi connectivity index (χ1n) is 7.96. The summed E-state index contributed by atoms with van der Waals surface area (Å²) in [6.45, 7) is 6.12. The number of likely N-dealkylation sites (tertiary alicyclic amines) is 2. The van der Waals surface area contributed by atoms with Gasteiger partial charge in [0.15, 0.2) is 0 Å². The molecule has 3 rings (SSSR count). The number of nitrogens with zero attached hydrogens (tertiary/aromatic N) is 2. The minimum absolute atomic E-state index is 0.358. The highest BCUT2D eigenvalue weighted by Crippen LogP contribution is 2.24. The zero-order valence-corrected chi connectivity index (χ0v) is 12.2. The molecule has 20 heavy (non-hydrogen) atoms. The van der Waals surface area contributed by atoms with Gasteiger partial charge in [0, 0.05) is 32.3 Å². The Balaban J connectivity index is 1.54. The van der Waals surface area contributed by atoms with E-state index in [2.05, 4.69) is 40.1 Å². The minimum atomic E-state index is 0.358. The van der Waals surface area contributed by atoms with Crippen molar-refractivity contribution in [1.82, 2.24) is 9.80 Å². The lowest BCUT2D eigenvalue weighted by atomic mass is 10.0. The Morgan fingerprint density at radius 3 is 2.65 bits per heavy atom. The van der Waals surface area contributed by atoms with Crippen LogP contribution in [0.2, 0.25) is 0 Å². The van der Waals surface area contributed by atoms with E-state index in [-0.39, 0.29) is 0 Å². The lowest BCUT2D eigenvalue weighted by Gasteiger charge is -2.37. The molecular formula is C17H26N2O. The van der Waals surface area contributed by atoms with E-state index in [0.29, 0.717) is 18.6 Å². The largest absolute Gasteiger partial charge is 0.396 e. The molecule has 2 unspecified atom stereocenters. The average Bonchev–Trinajstić information content (AvgIpc) is 2.98. The van der Waals surface area contributed by atoms with Crippen LogP contribution >= 0.6 is 0 Å². The smallest absolute Gasteiger partial charge is 0.0471 e. The van der Waals surface area contributed by atoms with Crippen molar-refractivity contribution in [2.75, 3.05) is 32.8 Å². The third-order valence-electron chi connectivity index (χ3n) is 4.82. The zero-order valence-electron chi connectivity index (χ0n) is 12.2. The molecule has 2 heterocycles. The van der Waals surface area contributed by atoms with Crippen molar-refractivity contribution in [3.05, 3.63) is 35.9 Å². The molecular weight excluding hydrogens is 248 g/mol. The maximum Gasteiger partial charge on any atom is 0.0471 e. The molecule has 0 bridgehead atoms. The molecule has 0 amide bonds. The fourth-order valence-corrected chi connectivity index (χ4v) is 3.66. The van der Waals surface area contributed by atoms with Crippen molar-refractivity contribution in [1.29, 1.82) is 0 Å². The van der Waals surface area contributed by atoms with Gasteiger partial charge >= 0.3 is 0 Å². The first-order valence-corrected chi connectivity index (χ1v) is 7.96. The number of aliphatic hydroxyl groups is 1. The molecule has 0 aromatic heterocycles. The normalized spacial score (nSPS) is 28.9. The Morgan fingerprint density at radius 1 is 1.05 bits per heavy atom. The summed E-state index contributed by atoms with van der Waals surface area (Å²) in [7, 11) is 0. The van der Waals surface area contributed by atoms with Gasteiger partial charge < -0.3 is 5.11 Å². The number of hydrogen-bond donors (Lipinski definition) is 1. The van der Waals surface area contributed by atoms with Crippen molar-refractivity contribution in [3.63, 3.8) is 0 Å². The molecule has 1 aromatic carbocycles. The van der Waals surface area contributed by atoms with Crippen molar-refractivity contribution in [2.24, 2.45) is 5.92 Å². The van der Waals surface area contributed by atoms with Crippen LogP contribution in [-0.4, -0.2) is 53.7 Å². The molecule has 2 aliphatic heterocycles. The van der Waals surface area contributed by atoms with Gasteiger partial charge in [-0.25, -0.2) is 0 Å². The Labute approximate surface area is 122 Å². The maximum atomic E-state index is 9.29. The second-order valence-corrected chi connectivity index (χ2v) is 6.35. The summed E-state index contributed by atoms with van der Waals surface area (Å²) >= 11 is 0. The van der Waals surface area contributed by atoms with Gasteiger partial charge in [-0.3, -0.25) is 9.80 Å². The quantitative estimate of drug-likeness (QED) is 0.909. The third-order valence-corrected chi connectivity index (χ3v) is 4.82. The highest BCUT2D eigenvalue weighted by Gasteiger charge is 2.30. The van der Waals surface area contributed by atoms with Crippen molar-refractivity contribution in [3.8, 4) is 0 Å². The number of hydrogen-bond acceptors (Lipinski definition) is 3. The summed E-state index contributed by atoms with van der Waals surface area (Å²) in [5.41, 5.74) is 1.42. The maximum absolute atomic E-state index is 9.29. The first kappa shape index (κ1) is 14.1. The minimum Gasteiger partial charge on any atom is -0.396 e. The lowest BCUT2D eigenvalue weighted by molar-refractivity contribution is 0.104. The Bertz CT molecular complexity index is 409. The molecule has 2 saturated heterocycles. The van der Waals surface area contributed by atoms with Crippen molar-refractivity contribution < 1.29 is 5.11 Å². The van der Waals surface area contributed by atoms with Crippen molar-refractivity contribution >= 4 is 0 Å². The second-order valence-electron chi connectivity index (χ2n) is 6.35. The first-order chi connectivity index (χ1) is 9.85. The zero-order chi connectivity index (χ0) is 13.8. The van der Waals surface area contributed by atoms with Crippen LogP contribution in [0.1, 0.15) is 24.8 Å². The molecule has 2 aliphatic rings. The molecule has 0 aliphatic carbocycles. The van der Waals surface area contributed by atoms with Crippen LogP contribution in [0.25, 0.3) is 0 Å². The Hall–Kier alpha value is -0.900. The molecule has 1 aromatic rings. The van der Waals surface area contributed by atoms with Crippen molar-refractivity contribution in [2.45, 2.75) is 31.8 Å². The monoisotopic (exact) mass is 274 g/mol. The number of piperidine rings is 1. The van der Waals surface area contributed by atoms with E-state index in [4.69, 9.17) is 0 Å². The van der Waals surface area contributed by atoms with Gasteiger partial charge in [-0.15, -0.1) is 0 Å². The molecule has 3 nitrogen and oxygen atoms in total. The molecule has 3 heteroatoms. The van der Waals surface area contributed by atoms with E-state index in [1.165, 1.54) is 44.5 Å². The fourth-order valence-electron chi connectivity index (χ4n) is 3.66. The van der Waals surface area contributed by atoms with Crippen LogP contribution < -0.4 is 0 Å². The number of aliphatic hydroxyl groups excluding tert-OH is 1. The standard InChI is InChI=1S/C17H26N2O/c20-14-16-8-10-19(12-16)17-7-4-9-18(13-17)11-15-5-2-1-3-6-15/h1-3,5-6,16-17,20H,4,7-14H2. The molecule has 0 saturated carbocycles. The summed E-state index contributed by atoms with van der Waals surface area (Å²) < 4.78 is 0. The lowest BCUT2D eigenvalue weighted by Crippen LogP contribution is -2.46. The molecule has 110 valence electrons. The van der Waals surface area contributed by atoms with E-state index < -0.39 is 0 Å². The summed E-state index contributed by atoms with van der Waals surface area (Å²) in [6, 6.07) is 11.5. The van der Waals surface area contributed by atoms with E-state index in [1.807, 2.05) is 0 Å². The highest BCUT2D eigenvalue weighted by molar-refractivity contribution is 5.14. The van der Waals surface area contributed by atoms with E-state index in [9.17, 15) is 5.11 Å². The van der Waals surface area contributed by atoms with Crippen LogP contribution in [0.5, 0.6) is 0 Å². The SMILES string of the molecule is OCC1CCN(C2CCCN(Cc3ccccc3)C2)C1. The van der Waals surface area contributed by atoms with Crippen LogP contribution in [0.3, 0.4) is 0 Å². The summed E-state index contributed by atoms with van der Waals surface area (Å²) in [5.74, 6) is 0.513. The Kier molecular flexibility index (Phi) is 4.71. The third kappa shape index (κ3) is 3.40. The average molecular weight is 274 g/mol. The summed E-state index contributed by atoms with van der Waals surface area (Å²) in [6.07, 6.45) is 3.80.